The van der Waals surface area contributed by atoms with Crippen LogP contribution < -0.4 is 5.32 Å². The minimum atomic E-state index is -0.989. The lowest BCUT2D eigenvalue weighted by Crippen LogP contribution is -2.36. The molecule has 1 unspecified atom stereocenters. The van der Waals surface area contributed by atoms with Crippen molar-refractivity contribution in [2.45, 2.75) is 44.7 Å². The van der Waals surface area contributed by atoms with E-state index in [0.29, 0.717) is 12.6 Å². The standard InChI is InChI=1S/C18H22N2O4/c21-16-9-14(11-20(16)15-6-1-2-7-15)17(22)19-10-12-4-3-5-13(8-12)18(23)24/h3-5,8,14-15H,1-2,6-7,9-11H2,(H,19,22)(H,23,24). The Morgan fingerprint density at radius 3 is 2.71 bits per heavy atom. The first-order valence-corrected chi connectivity index (χ1v) is 8.44. The van der Waals surface area contributed by atoms with Crippen molar-refractivity contribution >= 4 is 17.8 Å². The van der Waals surface area contributed by atoms with E-state index in [1.807, 2.05) is 4.90 Å². The minimum absolute atomic E-state index is 0.0786. The number of benzene rings is 1. The van der Waals surface area contributed by atoms with Crippen LogP contribution >= 0.6 is 0 Å². The number of carboxylic acids is 1. The Morgan fingerprint density at radius 2 is 2.00 bits per heavy atom. The number of likely N-dealkylation sites (tertiary alicyclic amines) is 1. The van der Waals surface area contributed by atoms with Crippen LogP contribution in [0.25, 0.3) is 0 Å². The van der Waals surface area contributed by atoms with Crippen molar-refractivity contribution in [3.8, 4) is 0 Å². The summed E-state index contributed by atoms with van der Waals surface area (Å²) in [5, 5.41) is 11.8. The molecule has 1 aromatic carbocycles. The number of carboxylic acid groups (broad SMARTS) is 1. The summed E-state index contributed by atoms with van der Waals surface area (Å²) in [6.45, 7) is 0.776. The molecule has 1 aromatic rings. The minimum Gasteiger partial charge on any atom is -0.478 e. The smallest absolute Gasteiger partial charge is 0.335 e. The van der Waals surface area contributed by atoms with Crippen LogP contribution in [0.3, 0.4) is 0 Å². The molecule has 6 heteroatoms. The molecule has 128 valence electrons. The van der Waals surface area contributed by atoms with Gasteiger partial charge in [-0.15, -0.1) is 0 Å². The van der Waals surface area contributed by atoms with E-state index >= 15 is 0 Å². The number of carbonyl (C=O) groups is 3. The van der Waals surface area contributed by atoms with Gasteiger partial charge in [-0.05, 0) is 30.5 Å². The number of amides is 2. The van der Waals surface area contributed by atoms with Gasteiger partial charge < -0.3 is 15.3 Å². The summed E-state index contributed by atoms with van der Waals surface area (Å²) in [4.78, 5) is 37.3. The summed E-state index contributed by atoms with van der Waals surface area (Å²) in [6.07, 6.45) is 4.68. The van der Waals surface area contributed by atoms with Gasteiger partial charge in [0.25, 0.3) is 0 Å². The lowest BCUT2D eigenvalue weighted by molar-refractivity contribution is -0.130. The van der Waals surface area contributed by atoms with Gasteiger partial charge in [-0.3, -0.25) is 9.59 Å². The first kappa shape index (κ1) is 16.5. The highest BCUT2D eigenvalue weighted by atomic mass is 16.4. The van der Waals surface area contributed by atoms with Gasteiger partial charge in [0.15, 0.2) is 0 Å². The fraction of sp³-hybridized carbons (Fsp3) is 0.500. The van der Waals surface area contributed by atoms with Crippen molar-refractivity contribution in [1.29, 1.82) is 0 Å². The quantitative estimate of drug-likeness (QED) is 0.862. The summed E-state index contributed by atoms with van der Waals surface area (Å²) in [6, 6.07) is 6.81. The third kappa shape index (κ3) is 3.58. The second-order valence-corrected chi connectivity index (χ2v) is 6.61. The molecule has 2 fully saturated rings. The number of rotatable bonds is 5. The predicted octanol–water partition coefficient (Wildman–Crippen LogP) is 1.79. The zero-order valence-corrected chi connectivity index (χ0v) is 13.5. The molecule has 1 heterocycles. The van der Waals surface area contributed by atoms with Crippen molar-refractivity contribution in [3.05, 3.63) is 35.4 Å². The van der Waals surface area contributed by atoms with Gasteiger partial charge in [-0.2, -0.15) is 0 Å². The van der Waals surface area contributed by atoms with E-state index in [0.717, 1.165) is 31.2 Å². The molecule has 0 radical (unpaired) electrons. The zero-order chi connectivity index (χ0) is 17.1. The molecule has 0 aromatic heterocycles. The number of nitrogens with zero attached hydrogens (tertiary/aromatic N) is 1. The molecule has 2 amide bonds. The topological polar surface area (TPSA) is 86.7 Å². The second kappa shape index (κ2) is 7.03. The van der Waals surface area contributed by atoms with Gasteiger partial charge in [0.1, 0.15) is 0 Å². The molecule has 1 saturated carbocycles. The van der Waals surface area contributed by atoms with E-state index in [1.165, 1.54) is 6.07 Å². The highest BCUT2D eigenvalue weighted by Gasteiger charge is 2.38. The summed E-state index contributed by atoms with van der Waals surface area (Å²) >= 11 is 0. The van der Waals surface area contributed by atoms with Crippen LogP contribution in [-0.2, 0) is 16.1 Å². The van der Waals surface area contributed by atoms with Crippen LogP contribution in [-0.4, -0.2) is 40.4 Å². The van der Waals surface area contributed by atoms with Crippen LogP contribution in [0.15, 0.2) is 24.3 Å². The molecule has 0 spiro atoms. The maximum absolute atomic E-state index is 12.3. The summed E-state index contributed by atoms with van der Waals surface area (Å²) in [7, 11) is 0. The molecule has 24 heavy (non-hydrogen) atoms. The third-order valence-corrected chi connectivity index (χ3v) is 4.94. The maximum atomic E-state index is 12.3. The average Bonchev–Trinajstić information content (AvgIpc) is 3.22. The van der Waals surface area contributed by atoms with Gasteiger partial charge >= 0.3 is 5.97 Å². The Balaban J connectivity index is 1.55. The number of nitrogens with one attached hydrogen (secondary N) is 1. The molecule has 2 aliphatic rings. The molecular weight excluding hydrogens is 308 g/mol. The van der Waals surface area contributed by atoms with Crippen molar-refractivity contribution in [1.82, 2.24) is 10.2 Å². The van der Waals surface area contributed by atoms with Crippen molar-refractivity contribution in [2.75, 3.05) is 6.54 Å². The highest BCUT2D eigenvalue weighted by Crippen LogP contribution is 2.29. The molecule has 3 rings (SSSR count). The maximum Gasteiger partial charge on any atom is 0.335 e. The summed E-state index contributed by atoms with van der Waals surface area (Å²) in [5.41, 5.74) is 0.936. The Kier molecular flexibility index (Phi) is 4.83. The molecule has 0 bridgehead atoms. The number of hydrogen-bond donors (Lipinski definition) is 2. The Labute approximate surface area is 140 Å². The van der Waals surface area contributed by atoms with Crippen LogP contribution in [0.2, 0.25) is 0 Å². The molecule has 1 saturated heterocycles. The monoisotopic (exact) mass is 330 g/mol. The third-order valence-electron chi connectivity index (χ3n) is 4.94. The van der Waals surface area contributed by atoms with Crippen LogP contribution in [0.1, 0.15) is 48.0 Å². The Hall–Kier alpha value is -2.37. The van der Waals surface area contributed by atoms with Crippen molar-refractivity contribution in [2.24, 2.45) is 5.92 Å². The number of carbonyl (C=O) groups excluding carboxylic acids is 2. The molecule has 2 N–H and O–H groups in total. The molecule has 1 aliphatic carbocycles. The van der Waals surface area contributed by atoms with Gasteiger partial charge in [0.2, 0.25) is 11.8 Å². The fourth-order valence-electron chi connectivity index (χ4n) is 3.62. The first-order chi connectivity index (χ1) is 11.5. The van der Waals surface area contributed by atoms with Gasteiger partial charge in [-0.1, -0.05) is 25.0 Å². The highest BCUT2D eigenvalue weighted by molar-refractivity contribution is 5.89. The van der Waals surface area contributed by atoms with Crippen LogP contribution in [0.4, 0.5) is 0 Å². The number of aromatic carboxylic acids is 1. The Morgan fingerprint density at radius 1 is 1.25 bits per heavy atom. The average molecular weight is 330 g/mol. The largest absolute Gasteiger partial charge is 0.478 e. The lowest BCUT2D eigenvalue weighted by Gasteiger charge is -2.23. The summed E-state index contributed by atoms with van der Waals surface area (Å²) < 4.78 is 0. The molecule has 6 nitrogen and oxygen atoms in total. The van der Waals surface area contributed by atoms with E-state index in [4.69, 9.17) is 5.11 Å². The van der Waals surface area contributed by atoms with Crippen LogP contribution in [0, 0.1) is 5.92 Å². The Bertz CT molecular complexity index is 652. The molecule has 1 aliphatic heterocycles. The van der Waals surface area contributed by atoms with E-state index in [2.05, 4.69) is 5.32 Å². The van der Waals surface area contributed by atoms with Gasteiger partial charge in [0.05, 0.1) is 11.5 Å². The summed E-state index contributed by atoms with van der Waals surface area (Å²) in [5.74, 6) is -1.35. The zero-order valence-electron chi connectivity index (χ0n) is 13.5. The van der Waals surface area contributed by atoms with E-state index in [9.17, 15) is 14.4 Å². The van der Waals surface area contributed by atoms with Gasteiger partial charge in [0, 0.05) is 25.6 Å². The SMILES string of the molecule is O=C(O)c1cccc(CNC(=O)C2CC(=O)N(C3CCCC3)C2)c1. The second-order valence-electron chi connectivity index (χ2n) is 6.61. The predicted molar refractivity (Wildman–Crippen MR) is 87.3 cm³/mol. The lowest BCUT2D eigenvalue weighted by atomic mass is 10.1. The van der Waals surface area contributed by atoms with Crippen LogP contribution in [0.5, 0.6) is 0 Å². The normalized spacial score (nSPS) is 21.2. The fourth-order valence-corrected chi connectivity index (χ4v) is 3.62. The first-order valence-electron chi connectivity index (χ1n) is 8.44. The van der Waals surface area contributed by atoms with E-state index in [-0.39, 0.29) is 36.3 Å². The van der Waals surface area contributed by atoms with Crippen molar-refractivity contribution < 1.29 is 19.5 Å². The molecular formula is C18H22N2O4. The van der Waals surface area contributed by atoms with Gasteiger partial charge in [-0.25, -0.2) is 4.79 Å². The van der Waals surface area contributed by atoms with E-state index < -0.39 is 5.97 Å². The number of hydrogen-bond acceptors (Lipinski definition) is 3. The van der Waals surface area contributed by atoms with Crippen molar-refractivity contribution in [3.63, 3.8) is 0 Å². The molecule has 1 atom stereocenters. The van der Waals surface area contributed by atoms with E-state index in [1.54, 1.807) is 18.2 Å².